The van der Waals surface area contributed by atoms with Gasteiger partial charge >= 0.3 is 0 Å². The number of aliphatic hydroxyl groups excluding tert-OH is 1. The van der Waals surface area contributed by atoms with Crippen LogP contribution in [0.4, 0.5) is 5.69 Å². The highest BCUT2D eigenvalue weighted by atomic mass is 79.9. The number of rotatable bonds is 5. The molecular formula is C24H30BrNO4Si. The highest BCUT2D eigenvalue weighted by Crippen LogP contribution is 2.59. The summed E-state index contributed by atoms with van der Waals surface area (Å²) >= 11 is 3.58. The standard InChI is InChI=1S/C24H30BrNO4Si/c1-15-22(31(4,5)18-9-7-17(29-3)8-10-18)21(12-13-27)30-24(15)19-14-16(25)6-11-20(19)26(2)23(24)28/h6-11,14-15,21-22,27H,12-13H2,1-5H3/t15-,21+,22-,24+/m1/s1. The largest absolute Gasteiger partial charge is 0.497 e. The zero-order chi connectivity index (χ0) is 22.6. The van der Waals surface area contributed by atoms with Gasteiger partial charge in [0.2, 0.25) is 0 Å². The monoisotopic (exact) mass is 503 g/mol. The number of nitrogens with zero attached hydrogens (tertiary/aromatic N) is 1. The number of ether oxygens (including phenoxy) is 2. The maximum absolute atomic E-state index is 13.7. The van der Waals surface area contributed by atoms with Gasteiger partial charge in [0.05, 0.1) is 27.0 Å². The molecule has 0 radical (unpaired) electrons. The average Bonchev–Trinajstić information content (AvgIpc) is 3.16. The second kappa shape index (κ2) is 8.03. The number of anilines is 1. The number of aliphatic hydroxyl groups is 1. The molecule has 7 heteroatoms. The van der Waals surface area contributed by atoms with Crippen LogP contribution in [0.25, 0.3) is 0 Å². The minimum Gasteiger partial charge on any atom is -0.497 e. The molecule has 1 fully saturated rings. The van der Waals surface area contributed by atoms with E-state index in [9.17, 15) is 9.90 Å². The van der Waals surface area contributed by atoms with Gasteiger partial charge in [-0.1, -0.05) is 53.3 Å². The number of carbonyl (C=O) groups excluding carboxylic acids is 1. The van der Waals surface area contributed by atoms with Gasteiger partial charge in [0.15, 0.2) is 5.60 Å². The number of amides is 1. The average molecular weight is 504 g/mol. The summed E-state index contributed by atoms with van der Waals surface area (Å²) in [4.78, 5) is 15.4. The molecule has 1 amide bonds. The molecule has 2 aliphatic rings. The lowest BCUT2D eigenvalue weighted by molar-refractivity contribution is -0.146. The molecular weight excluding hydrogens is 474 g/mol. The van der Waals surface area contributed by atoms with E-state index in [2.05, 4.69) is 48.1 Å². The molecule has 2 aromatic rings. The summed E-state index contributed by atoms with van der Waals surface area (Å²) in [6.45, 7) is 6.87. The van der Waals surface area contributed by atoms with Gasteiger partial charge in [-0.15, -0.1) is 0 Å². The highest BCUT2D eigenvalue weighted by molar-refractivity contribution is 9.10. The molecule has 0 saturated carbocycles. The molecule has 4 atom stereocenters. The number of fused-ring (bicyclic) bond motifs is 2. The molecule has 4 rings (SSSR count). The first-order chi connectivity index (χ1) is 14.7. The maximum Gasteiger partial charge on any atom is 0.264 e. The molecule has 0 aliphatic carbocycles. The molecule has 2 heterocycles. The van der Waals surface area contributed by atoms with Crippen LogP contribution in [0.15, 0.2) is 46.9 Å². The molecule has 31 heavy (non-hydrogen) atoms. The van der Waals surface area contributed by atoms with E-state index >= 15 is 0 Å². The quantitative estimate of drug-likeness (QED) is 0.625. The van der Waals surface area contributed by atoms with E-state index in [0.29, 0.717) is 6.42 Å². The van der Waals surface area contributed by atoms with Gasteiger partial charge < -0.3 is 19.5 Å². The van der Waals surface area contributed by atoms with E-state index in [1.165, 1.54) is 5.19 Å². The van der Waals surface area contributed by atoms with Crippen LogP contribution < -0.4 is 14.8 Å². The highest BCUT2D eigenvalue weighted by Gasteiger charge is 2.65. The Morgan fingerprint density at radius 3 is 2.52 bits per heavy atom. The van der Waals surface area contributed by atoms with E-state index in [-0.39, 0.29) is 30.1 Å². The molecule has 1 saturated heterocycles. The Kier molecular flexibility index (Phi) is 5.83. The lowest BCUT2D eigenvalue weighted by Gasteiger charge is -2.37. The number of carbonyl (C=O) groups is 1. The molecule has 0 bridgehead atoms. The third-order valence-corrected chi connectivity index (χ3v) is 12.2. The van der Waals surface area contributed by atoms with Crippen LogP contribution in [0.3, 0.4) is 0 Å². The Morgan fingerprint density at radius 2 is 1.90 bits per heavy atom. The SMILES string of the molecule is COc1ccc([Si](C)(C)[C@H]2[C@H](CCO)O[C@@]3(C(=O)N(C)c4ccc(Br)cc43)[C@@H]2C)cc1. The first-order valence-corrected chi connectivity index (χ1v) is 14.6. The number of likely N-dealkylation sites (N-methyl/N-ethyl adjacent to an activating group) is 1. The van der Waals surface area contributed by atoms with Crippen molar-refractivity contribution in [3.63, 3.8) is 0 Å². The predicted molar refractivity (Wildman–Crippen MR) is 129 cm³/mol. The van der Waals surface area contributed by atoms with Crippen LogP contribution in [0.2, 0.25) is 18.6 Å². The van der Waals surface area contributed by atoms with Gasteiger partial charge in [0.1, 0.15) is 5.75 Å². The van der Waals surface area contributed by atoms with Crippen molar-refractivity contribution < 1.29 is 19.4 Å². The Balaban J connectivity index is 1.83. The minimum absolute atomic E-state index is 0.0157. The summed E-state index contributed by atoms with van der Waals surface area (Å²) < 4.78 is 13.0. The first-order valence-electron chi connectivity index (χ1n) is 10.7. The summed E-state index contributed by atoms with van der Waals surface area (Å²) in [6, 6.07) is 14.2. The van der Waals surface area contributed by atoms with Crippen LogP contribution in [0.1, 0.15) is 18.9 Å². The molecule has 2 aromatic carbocycles. The summed E-state index contributed by atoms with van der Waals surface area (Å²) in [5.74, 6) is 0.787. The molecule has 1 spiro atoms. The Labute approximate surface area is 193 Å². The fraction of sp³-hybridized carbons (Fsp3) is 0.458. The van der Waals surface area contributed by atoms with Crippen LogP contribution in [0, 0.1) is 5.92 Å². The van der Waals surface area contributed by atoms with Crippen molar-refractivity contribution in [2.45, 2.75) is 43.7 Å². The van der Waals surface area contributed by atoms with E-state index in [1.807, 2.05) is 37.4 Å². The zero-order valence-corrected chi connectivity index (χ0v) is 21.3. The maximum atomic E-state index is 13.7. The van der Waals surface area contributed by atoms with Crippen LogP contribution in [0.5, 0.6) is 5.75 Å². The van der Waals surface area contributed by atoms with Crippen LogP contribution in [-0.2, 0) is 15.1 Å². The molecule has 166 valence electrons. The van der Waals surface area contributed by atoms with Crippen molar-refractivity contribution in [1.82, 2.24) is 0 Å². The summed E-state index contributed by atoms with van der Waals surface area (Å²) in [6.07, 6.45) is 0.329. The van der Waals surface area contributed by atoms with E-state index in [0.717, 1.165) is 21.5 Å². The third kappa shape index (κ3) is 3.28. The van der Waals surface area contributed by atoms with Crippen molar-refractivity contribution >= 4 is 40.8 Å². The fourth-order valence-electron chi connectivity index (χ4n) is 5.79. The van der Waals surface area contributed by atoms with Gasteiger partial charge in [-0.3, -0.25) is 4.79 Å². The topological polar surface area (TPSA) is 59.0 Å². The van der Waals surface area contributed by atoms with E-state index in [4.69, 9.17) is 9.47 Å². The van der Waals surface area contributed by atoms with Crippen LogP contribution >= 0.6 is 15.9 Å². The van der Waals surface area contributed by atoms with Crippen LogP contribution in [-0.4, -0.2) is 46.0 Å². The van der Waals surface area contributed by atoms with Crippen molar-refractivity contribution in [2.75, 3.05) is 25.7 Å². The van der Waals surface area contributed by atoms with Gasteiger partial charge in [-0.2, -0.15) is 0 Å². The third-order valence-electron chi connectivity index (χ3n) is 7.34. The number of benzene rings is 2. The van der Waals surface area contributed by atoms with Crippen molar-refractivity contribution in [2.24, 2.45) is 5.92 Å². The fourth-order valence-corrected chi connectivity index (χ4v) is 10.2. The van der Waals surface area contributed by atoms with Crippen molar-refractivity contribution in [3.8, 4) is 5.75 Å². The van der Waals surface area contributed by atoms with Gasteiger partial charge in [-0.05, 0) is 42.3 Å². The second-order valence-electron chi connectivity index (χ2n) is 9.19. The Morgan fingerprint density at radius 1 is 1.23 bits per heavy atom. The first kappa shape index (κ1) is 22.5. The minimum atomic E-state index is -2.10. The summed E-state index contributed by atoms with van der Waals surface area (Å²) in [5, 5.41) is 11.1. The van der Waals surface area contributed by atoms with Gasteiger partial charge in [0, 0.05) is 29.6 Å². The van der Waals surface area contributed by atoms with Gasteiger partial charge in [0.25, 0.3) is 5.91 Å². The molecule has 5 nitrogen and oxygen atoms in total. The Hall–Kier alpha value is -1.67. The van der Waals surface area contributed by atoms with Crippen molar-refractivity contribution in [3.05, 3.63) is 52.5 Å². The molecule has 0 unspecified atom stereocenters. The summed E-state index contributed by atoms with van der Waals surface area (Å²) in [5.41, 5.74) is 0.962. The predicted octanol–water partition coefficient (Wildman–Crippen LogP) is 4.03. The lowest BCUT2D eigenvalue weighted by atomic mass is 9.82. The molecule has 0 aromatic heterocycles. The smallest absolute Gasteiger partial charge is 0.264 e. The molecule has 2 aliphatic heterocycles. The van der Waals surface area contributed by atoms with Gasteiger partial charge in [-0.25, -0.2) is 0 Å². The summed E-state index contributed by atoms with van der Waals surface area (Å²) in [7, 11) is 1.39. The number of hydrogen-bond donors (Lipinski definition) is 1. The Bertz CT molecular complexity index is 996. The number of halogens is 1. The second-order valence-corrected chi connectivity index (χ2v) is 14.8. The zero-order valence-electron chi connectivity index (χ0n) is 18.7. The number of methoxy groups -OCH3 is 1. The lowest BCUT2D eigenvalue weighted by Crippen LogP contribution is -2.51. The normalized spacial score (nSPS) is 27.8. The van der Waals surface area contributed by atoms with Crippen molar-refractivity contribution in [1.29, 1.82) is 0 Å². The number of hydrogen-bond acceptors (Lipinski definition) is 4. The molecule has 1 N–H and O–H groups in total. The van der Waals surface area contributed by atoms with E-state index < -0.39 is 13.7 Å². The van der Waals surface area contributed by atoms with E-state index in [1.54, 1.807) is 12.0 Å².